The van der Waals surface area contributed by atoms with Crippen LogP contribution in [0, 0.1) is 6.92 Å². The quantitative estimate of drug-likeness (QED) is 0.665. The van der Waals surface area contributed by atoms with Crippen LogP contribution in [0.4, 0.5) is 5.69 Å². The summed E-state index contributed by atoms with van der Waals surface area (Å²) in [7, 11) is -3.50. The molecule has 2 heterocycles. The minimum absolute atomic E-state index is 0.137. The Kier molecular flexibility index (Phi) is 5.35. The van der Waals surface area contributed by atoms with Crippen molar-refractivity contribution in [1.82, 2.24) is 19.4 Å². The molecule has 1 amide bonds. The number of nitrogens with one attached hydrogen (secondary N) is 2. The van der Waals surface area contributed by atoms with Crippen LogP contribution in [0.3, 0.4) is 0 Å². The first-order chi connectivity index (χ1) is 13.9. The second-order valence-electron chi connectivity index (χ2n) is 7.18. The van der Waals surface area contributed by atoms with E-state index in [9.17, 15) is 13.2 Å². The van der Waals surface area contributed by atoms with E-state index < -0.39 is 10.0 Å². The molecule has 3 aromatic rings. The summed E-state index contributed by atoms with van der Waals surface area (Å²) in [5.74, 6) is -0.137. The molecule has 2 aromatic carbocycles. The highest BCUT2D eigenvalue weighted by Crippen LogP contribution is 2.21. The summed E-state index contributed by atoms with van der Waals surface area (Å²) < 4.78 is 27.1. The summed E-state index contributed by atoms with van der Waals surface area (Å²) in [5.41, 5.74) is 2.49. The van der Waals surface area contributed by atoms with Crippen molar-refractivity contribution in [3.05, 3.63) is 54.2 Å². The Morgan fingerprint density at radius 2 is 1.83 bits per heavy atom. The fraction of sp³-hybridized carbons (Fsp3) is 0.300. The lowest BCUT2D eigenvalue weighted by Gasteiger charge is -2.33. The number of aryl methyl sites for hydroxylation is 1. The predicted octanol–water partition coefficient (Wildman–Crippen LogP) is 1.82. The lowest BCUT2D eigenvalue weighted by molar-refractivity contribution is -0.117. The number of rotatable bonds is 5. The van der Waals surface area contributed by atoms with Crippen LogP contribution in [0.2, 0.25) is 0 Å². The van der Waals surface area contributed by atoms with Crippen LogP contribution in [0.15, 0.2) is 53.6 Å². The Morgan fingerprint density at radius 1 is 1.10 bits per heavy atom. The molecular weight excluding hydrogens is 390 g/mol. The highest BCUT2D eigenvalue weighted by atomic mass is 32.2. The van der Waals surface area contributed by atoms with E-state index in [1.54, 1.807) is 30.5 Å². The Morgan fingerprint density at radius 3 is 2.55 bits per heavy atom. The molecule has 0 atom stereocenters. The molecule has 1 aliphatic heterocycles. The standard InChI is InChI=1S/C20H23N5O3S/c1-15-5-7-17(8-6-15)29(27,28)25-11-9-24(10-12-25)14-19(26)22-18-4-2-3-16-13-21-23-20(16)18/h2-8,13H,9-12,14H2,1H3,(H,21,23)(H,22,26). The number of anilines is 1. The maximum atomic E-state index is 12.8. The lowest BCUT2D eigenvalue weighted by atomic mass is 10.2. The van der Waals surface area contributed by atoms with Gasteiger partial charge in [-0.25, -0.2) is 8.42 Å². The van der Waals surface area contributed by atoms with Gasteiger partial charge in [-0.3, -0.25) is 14.8 Å². The van der Waals surface area contributed by atoms with Gasteiger partial charge in [-0.05, 0) is 25.1 Å². The summed E-state index contributed by atoms with van der Waals surface area (Å²) in [6.45, 7) is 3.87. The molecule has 1 aliphatic rings. The smallest absolute Gasteiger partial charge is 0.243 e. The third-order valence-electron chi connectivity index (χ3n) is 5.11. The molecular formula is C20H23N5O3S. The van der Waals surface area contributed by atoms with Gasteiger partial charge in [-0.2, -0.15) is 9.40 Å². The summed E-state index contributed by atoms with van der Waals surface area (Å²) >= 11 is 0. The Labute approximate surface area is 169 Å². The van der Waals surface area contributed by atoms with Gasteiger partial charge in [-0.1, -0.05) is 29.8 Å². The van der Waals surface area contributed by atoms with Crippen molar-refractivity contribution in [3.8, 4) is 0 Å². The molecule has 8 nitrogen and oxygen atoms in total. The van der Waals surface area contributed by atoms with Gasteiger partial charge in [0.05, 0.1) is 28.8 Å². The first kappa shape index (κ1) is 19.6. The average Bonchev–Trinajstić information content (AvgIpc) is 3.19. The molecule has 2 N–H and O–H groups in total. The number of carbonyl (C=O) groups excluding carboxylic acids is 1. The second kappa shape index (κ2) is 7.94. The van der Waals surface area contributed by atoms with Crippen LogP contribution >= 0.6 is 0 Å². The number of amides is 1. The van der Waals surface area contributed by atoms with Gasteiger partial charge in [0.25, 0.3) is 0 Å². The first-order valence-electron chi connectivity index (χ1n) is 9.44. The summed E-state index contributed by atoms with van der Waals surface area (Å²) in [6.07, 6.45) is 1.71. The molecule has 0 radical (unpaired) electrons. The predicted molar refractivity (Wildman–Crippen MR) is 111 cm³/mol. The molecule has 0 saturated carbocycles. The molecule has 1 fully saturated rings. The van der Waals surface area contributed by atoms with E-state index >= 15 is 0 Å². The van der Waals surface area contributed by atoms with Crippen molar-refractivity contribution in [2.24, 2.45) is 0 Å². The van der Waals surface area contributed by atoms with E-state index in [2.05, 4.69) is 15.5 Å². The van der Waals surface area contributed by atoms with E-state index in [-0.39, 0.29) is 12.5 Å². The number of piperazine rings is 1. The molecule has 0 aliphatic carbocycles. The number of H-pyrrole nitrogens is 1. The fourth-order valence-corrected chi connectivity index (χ4v) is 4.88. The number of para-hydroxylation sites is 1. The van der Waals surface area contributed by atoms with Gasteiger partial charge in [0, 0.05) is 31.6 Å². The molecule has 4 rings (SSSR count). The summed E-state index contributed by atoms with van der Waals surface area (Å²) in [4.78, 5) is 14.7. The molecule has 29 heavy (non-hydrogen) atoms. The van der Waals surface area contributed by atoms with E-state index in [0.29, 0.717) is 36.8 Å². The van der Waals surface area contributed by atoms with E-state index in [0.717, 1.165) is 16.5 Å². The third-order valence-corrected chi connectivity index (χ3v) is 7.02. The number of hydrogen-bond acceptors (Lipinski definition) is 5. The Hall–Kier alpha value is -2.75. The number of carbonyl (C=O) groups is 1. The number of sulfonamides is 1. The van der Waals surface area contributed by atoms with Crippen LogP contribution in [0.25, 0.3) is 10.9 Å². The number of hydrogen-bond donors (Lipinski definition) is 2. The largest absolute Gasteiger partial charge is 0.323 e. The number of nitrogens with zero attached hydrogens (tertiary/aromatic N) is 3. The van der Waals surface area contributed by atoms with Gasteiger partial charge in [-0.15, -0.1) is 0 Å². The maximum absolute atomic E-state index is 12.8. The monoisotopic (exact) mass is 413 g/mol. The van der Waals surface area contributed by atoms with Gasteiger partial charge >= 0.3 is 0 Å². The summed E-state index contributed by atoms with van der Waals surface area (Å²) in [5, 5.41) is 10.7. The molecule has 1 saturated heterocycles. The van der Waals surface area contributed by atoms with Crippen molar-refractivity contribution in [2.45, 2.75) is 11.8 Å². The second-order valence-corrected chi connectivity index (χ2v) is 9.12. The van der Waals surface area contributed by atoms with Crippen molar-refractivity contribution in [3.63, 3.8) is 0 Å². The van der Waals surface area contributed by atoms with Crippen LogP contribution in [0.5, 0.6) is 0 Å². The van der Waals surface area contributed by atoms with E-state index in [4.69, 9.17) is 0 Å². The Balaban J connectivity index is 1.34. The maximum Gasteiger partial charge on any atom is 0.243 e. The number of aromatic amines is 1. The van der Waals surface area contributed by atoms with Gasteiger partial charge in [0.2, 0.25) is 15.9 Å². The molecule has 9 heteroatoms. The number of aromatic nitrogens is 2. The van der Waals surface area contributed by atoms with Crippen molar-refractivity contribution in [2.75, 3.05) is 38.0 Å². The highest BCUT2D eigenvalue weighted by Gasteiger charge is 2.29. The topological polar surface area (TPSA) is 98.4 Å². The van der Waals surface area contributed by atoms with Crippen molar-refractivity contribution >= 4 is 32.5 Å². The van der Waals surface area contributed by atoms with Crippen molar-refractivity contribution in [1.29, 1.82) is 0 Å². The van der Waals surface area contributed by atoms with E-state index in [1.807, 2.05) is 30.0 Å². The first-order valence-corrected chi connectivity index (χ1v) is 10.9. The summed E-state index contributed by atoms with van der Waals surface area (Å²) in [6, 6.07) is 12.5. The van der Waals surface area contributed by atoms with Gasteiger partial charge < -0.3 is 5.32 Å². The van der Waals surface area contributed by atoms with Crippen molar-refractivity contribution < 1.29 is 13.2 Å². The minimum Gasteiger partial charge on any atom is -0.323 e. The van der Waals surface area contributed by atoms with Crippen LogP contribution in [-0.2, 0) is 14.8 Å². The zero-order chi connectivity index (χ0) is 20.4. The van der Waals surface area contributed by atoms with E-state index in [1.165, 1.54) is 4.31 Å². The van der Waals surface area contributed by atoms with Crippen LogP contribution < -0.4 is 5.32 Å². The number of fused-ring (bicyclic) bond motifs is 1. The third kappa shape index (κ3) is 4.16. The highest BCUT2D eigenvalue weighted by molar-refractivity contribution is 7.89. The zero-order valence-corrected chi connectivity index (χ0v) is 16.9. The Bertz CT molecular complexity index is 1120. The molecule has 0 unspecified atom stereocenters. The SMILES string of the molecule is Cc1ccc(S(=O)(=O)N2CCN(CC(=O)Nc3cccc4cn[nH]c34)CC2)cc1. The average molecular weight is 414 g/mol. The number of benzene rings is 2. The fourth-order valence-electron chi connectivity index (χ4n) is 3.45. The lowest BCUT2D eigenvalue weighted by Crippen LogP contribution is -2.50. The molecule has 0 spiro atoms. The van der Waals surface area contributed by atoms with Crippen LogP contribution in [0.1, 0.15) is 5.56 Å². The van der Waals surface area contributed by atoms with Gasteiger partial charge in [0.15, 0.2) is 0 Å². The molecule has 1 aromatic heterocycles. The van der Waals surface area contributed by atoms with Gasteiger partial charge in [0.1, 0.15) is 0 Å². The normalized spacial score (nSPS) is 16.2. The molecule has 0 bridgehead atoms. The minimum atomic E-state index is -3.50. The molecule has 152 valence electrons. The zero-order valence-electron chi connectivity index (χ0n) is 16.1. The van der Waals surface area contributed by atoms with Crippen LogP contribution in [-0.4, -0.2) is 66.5 Å².